The van der Waals surface area contributed by atoms with E-state index in [1.807, 2.05) is 0 Å². The zero-order valence-corrected chi connectivity index (χ0v) is 35.7. The maximum atomic E-state index is 7.29. The molecule has 0 saturated heterocycles. The molecular weight excluding hydrogens is 747 g/mol. The summed E-state index contributed by atoms with van der Waals surface area (Å²) in [6.07, 6.45) is 0. The van der Waals surface area contributed by atoms with Gasteiger partial charge >= 0.3 is 6.71 Å². The van der Waals surface area contributed by atoms with Crippen LogP contribution in [0.2, 0.25) is 0 Å². The lowest BCUT2D eigenvalue weighted by Crippen LogP contribution is -2.58. The van der Waals surface area contributed by atoms with E-state index in [1.165, 1.54) is 16.7 Å². The van der Waals surface area contributed by atoms with Crippen LogP contribution in [0, 0.1) is 6.92 Å². The van der Waals surface area contributed by atoms with Crippen LogP contribution in [0.3, 0.4) is 0 Å². The smallest absolute Gasteiger partial charge is 0.346 e. The Morgan fingerprint density at radius 2 is 1.10 bits per heavy atom. The molecule has 2 aliphatic rings. The Bertz CT molecular complexity index is 3110. The first-order valence-corrected chi connectivity index (χ1v) is 21.3. The van der Waals surface area contributed by atoms with E-state index in [4.69, 9.17) is 13.6 Å². The van der Waals surface area contributed by atoms with Crippen molar-refractivity contribution >= 4 is 79.6 Å². The van der Waals surface area contributed by atoms with Crippen molar-refractivity contribution in [1.82, 2.24) is 0 Å². The van der Waals surface area contributed by atoms with Crippen LogP contribution in [-0.4, -0.2) is 6.71 Å². The Kier molecular flexibility index (Phi) is 8.24. The maximum absolute atomic E-state index is 7.29. The molecule has 298 valence electrons. The number of fused-ring (bicyclic) bond motifs is 8. The SMILES string of the molecule is Cc1ccc(N2c3cc(N(c4ccccc4)c4ccccc4)cc4c3B(c3oc5ccc(C(C)(C)C)cc5c3O4)c3oc4ccc(C(C)(C)C)cc4c32)c(-c2ccccc2)c1. The molecule has 9 aromatic rings. The van der Waals surface area contributed by atoms with E-state index >= 15 is 0 Å². The summed E-state index contributed by atoms with van der Waals surface area (Å²) >= 11 is 0. The molecule has 2 aliphatic heterocycles. The van der Waals surface area contributed by atoms with Crippen molar-refractivity contribution in [3.63, 3.8) is 0 Å². The van der Waals surface area contributed by atoms with E-state index in [0.717, 1.165) is 95.5 Å². The van der Waals surface area contributed by atoms with Crippen molar-refractivity contribution in [2.45, 2.75) is 59.3 Å². The van der Waals surface area contributed by atoms with Crippen molar-refractivity contribution in [3.05, 3.63) is 174 Å². The summed E-state index contributed by atoms with van der Waals surface area (Å²) in [5.41, 5.74) is 16.1. The first-order chi connectivity index (χ1) is 29.4. The molecule has 0 aliphatic carbocycles. The second-order valence-corrected chi connectivity index (χ2v) is 18.7. The Hall–Kier alpha value is -6.92. The van der Waals surface area contributed by atoms with E-state index < -0.39 is 0 Å². The van der Waals surface area contributed by atoms with Crippen molar-refractivity contribution in [2.24, 2.45) is 0 Å². The third-order valence-corrected chi connectivity index (χ3v) is 12.4. The molecule has 61 heavy (non-hydrogen) atoms. The molecule has 0 saturated carbocycles. The summed E-state index contributed by atoms with van der Waals surface area (Å²) in [4.78, 5) is 4.76. The lowest BCUT2D eigenvalue weighted by molar-refractivity contribution is 0.481. The van der Waals surface area contributed by atoms with E-state index in [0.29, 0.717) is 0 Å². The summed E-state index contributed by atoms with van der Waals surface area (Å²) in [6.45, 7) is 15.3. The van der Waals surface area contributed by atoms with E-state index in [1.54, 1.807) is 0 Å². The molecule has 0 fully saturated rings. The largest absolute Gasteiger partial charge is 0.468 e. The number of benzene rings is 7. The van der Waals surface area contributed by atoms with Gasteiger partial charge in [0.1, 0.15) is 28.2 Å². The van der Waals surface area contributed by atoms with Gasteiger partial charge in [0.25, 0.3) is 0 Å². The van der Waals surface area contributed by atoms with Crippen LogP contribution in [-0.2, 0) is 10.8 Å². The highest BCUT2D eigenvalue weighted by atomic mass is 16.5. The average Bonchev–Trinajstić information content (AvgIpc) is 3.82. The first kappa shape index (κ1) is 37.1. The number of nitrogens with zero attached hydrogens (tertiary/aromatic N) is 2. The van der Waals surface area contributed by atoms with Crippen LogP contribution in [0.1, 0.15) is 58.2 Å². The van der Waals surface area contributed by atoms with Crippen LogP contribution in [0.4, 0.5) is 34.1 Å². The van der Waals surface area contributed by atoms with Gasteiger partial charge < -0.3 is 23.4 Å². The standard InChI is InChI=1S/C55H47BN2O3/c1-34-23-26-44(41(29-34)35-17-11-8-12-18-35)58-45-32-40(57(38-19-13-9-14-20-38)39-21-15-10-16-22-39)33-48-49(45)56(52-50(58)42-30-36(54(2,3)4)24-27-46(42)60-52)53-51(59-48)43-31-37(55(5,6)7)25-28-47(43)61-53/h8-33H,1-7H3. The van der Waals surface area contributed by atoms with Crippen LogP contribution in [0.5, 0.6) is 11.5 Å². The average molecular weight is 795 g/mol. The molecule has 2 aromatic heterocycles. The molecule has 0 N–H and O–H groups in total. The second kappa shape index (κ2) is 13.6. The summed E-state index contributed by atoms with van der Waals surface area (Å²) in [7, 11) is 0. The molecule has 7 aromatic carbocycles. The summed E-state index contributed by atoms with van der Waals surface area (Å²) in [5.74, 6) is 1.51. The highest BCUT2D eigenvalue weighted by Crippen LogP contribution is 2.51. The Morgan fingerprint density at radius 1 is 0.525 bits per heavy atom. The number of aryl methyl sites for hydroxylation is 1. The van der Waals surface area contributed by atoms with Gasteiger partial charge in [-0.05, 0) is 101 Å². The van der Waals surface area contributed by atoms with Crippen molar-refractivity contribution in [2.75, 3.05) is 9.80 Å². The number of para-hydroxylation sites is 2. The van der Waals surface area contributed by atoms with Crippen molar-refractivity contribution in [3.8, 4) is 22.6 Å². The number of anilines is 6. The molecule has 6 heteroatoms. The van der Waals surface area contributed by atoms with Gasteiger partial charge in [0, 0.05) is 39.5 Å². The van der Waals surface area contributed by atoms with Crippen molar-refractivity contribution in [1.29, 1.82) is 0 Å². The number of hydrogen-bond acceptors (Lipinski definition) is 5. The lowest BCUT2D eigenvalue weighted by atomic mass is 9.38. The maximum Gasteiger partial charge on any atom is 0.346 e. The molecule has 0 bridgehead atoms. The van der Waals surface area contributed by atoms with Gasteiger partial charge in [-0.3, -0.25) is 0 Å². The van der Waals surface area contributed by atoms with Gasteiger partial charge in [0.15, 0.2) is 5.75 Å². The van der Waals surface area contributed by atoms with Gasteiger partial charge in [-0.1, -0.05) is 132 Å². The van der Waals surface area contributed by atoms with Gasteiger partial charge in [-0.15, -0.1) is 0 Å². The molecule has 0 unspecified atom stereocenters. The molecule has 0 atom stereocenters. The molecular formula is C55H47BN2O3. The Morgan fingerprint density at radius 3 is 1.72 bits per heavy atom. The van der Waals surface area contributed by atoms with Crippen LogP contribution in [0.15, 0.2) is 167 Å². The summed E-state index contributed by atoms with van der Waals surface area (Å²) in [5, 5.41) is 2.02. The fourth-order valence-corrected chi connectivity index (χ4v) is 9.30. The van der Waals surface area contributed by atoms with Crippen LogP contribution < -0.4 is 31.3 Å². The first-order valence-electron chi connectivity index (χ1n) is 21.3. The Balaban J connectivity index is 1.28. The predicted molar refractivity (Wildman–Crippen MR) is 254 cm³/mol. The van der Waals surface area contributed by atoms with E-state index in [9.17, 15) is 0 Å². The number of furan rings is 2. The third-order valence-electron chi connectivity index (χ3n) is 12.4. The normalized spacial score (nSPS) is 13.2. The highest BCUT2D eigenvalue weighted by molar-refractivity contribution is 6.98. The number of rotatable bonds is 5. The van der Waals surface area contributed by atoms with Crippen LogP contribution >= 0.6 is 0 Å². The van der Waals surface area contributed by atoms with Crippen molar-refractivity contribution < 1.29 is 13.6 Å². The fraction of sp³-hybridized carbons (Fsp3) is 0.164. The molecule has 0 radical (unpaired) electrons. The number of hydrogen-bond donors (Lipinski definition) is 0. The van der Waals surface area contributed by atoms with Crippen LogP contribution in [0.25, 0.3) is 33.1 Å². The second-order valence-electron chi connectivity index (χ2n) is 18.7. The number of ether oxygens (including phenoxy) is 1. The predicted octanol–water partition coefficient (Wildman–Crippen LogP) is 13.6. The zero-order valence-electron chi connectivity index (χ0n) is 35.7. The highest BCUT2D eigenvalue weighted by Gasteiger charge is 2.49. The fourth-order valence-electron chi connectivity index (χ4n) is 9.30. The summed E-state index contributed by atoms with van der Waals surface area (Å²) in [6, 6.07) is 56.4. The summed E-state index contributed by atoms with van der Waals surface area (Å²) < 4.78 is 21.5. The molecule has 4 heterocycles. The molecule has 0 spiro atoms. The minimum Gasteiger partial charge on any atom is -0.468 e. The lowest BCUT2D eigenvalue weighted by Gasteiger charge is -2.38. The van der Waals surface area contributed by atoms with E-state index in [2.05, 4.69) is 216 Å². The molecule has 5 nitrogen and oxygen atoms in total. The minimum absolute atomic E-state index is 0.0658. The minimum atomic E-state index is -0.377. The topological polar surface area (TPSA) is 42.0 Å². The monoisotopic (exact) mass is 794 g/mol. The third kappa shape index (κ3) is 5.99. The quantitative estimate of drug-likeness (QED) is 0.162. The van der Waals surface area contributed by atoms with Gasteiger partial charge in [0.05, 0.1) is 22.4 Å². The van der Waals surface area contributed by atoms with Gasteiger partial charge in [-0.2, -0.15) is 0 Å². The van der Waals surface area contributed by atoms with E-state index in [-0.39, 0.29) is 17.5 Å². The molecule has 11 rings (SSSR count). The van der Waals surface area contributed by atoms with Gasteiger partial charge in [0.2, 0.25) is 0 Å². The zero-order chi connectivity index (χ0) is 41.8. The molecule has 0 amide bonds. The Labute approximate surface area is 357 Å². The van der Waals surface area contributed by atoms with Gasteiger partial charge in [-0.25, -0.2) is 0 Å².